The van der Waals surface area contributed by atoms with Crippen molar-refractivity contribution in [2.45, 2.75) is 11.8 Å². The summed E-state index contributed by atoms with van der Waals surface area (Å²) in [5, 5.41) is 8.60. The smallest absolute Gasteiger partial charge is 0.294 e. The van der Waals surface area contributed by atoms with Crippen LogP contribution < -0.4 is 0 Å². The second-order valence-corrected chi connectivity index (χ2v) is 8.56. The largest absolute Gasteiger partial charge is 0.328 e. The molecule has 8 nitrogen and oxygen atoms in total. The van der Waals surface area contributed by atoms with Crippen molar-refractivity contribution in [3.63, 3.8) is 0 Å². The van der Waals surface area contributed by atoms with Gasteiger partial charge in [0.25, 0.3) is 15.9 Å². The van der Waals surface area contributed by atoms with Crippen molar-refractivity contribution < 1.29 is 13.2 Å². The van der Waals surface area contributed by atoms with Gasteiger partial charge in [-0.3, -0.25) is 4.79 Å². The van der Waals surface area contributed by atoms with Crippen molar-refractivity contribution >= 4 is 38.0 Å². The molecule has 4 aromatic rings. The molecule has 0 saturated carbocycles. The van der Waals surface area contributed by atoms with Crippen molar-refractivity contribution in [2.75, 3.05) is 13.6 Å². The third-order valence-corrected chi connectivity index (χ3v) is 6.38. The summed E-state index contributed by atoms with van der Waals surface area (Å²) in [5.74, 6) is 1.58. The number of amides is 1. The van der Waals surface area contributed by atoms with Crippen molar-refractivity contribution in [1.82, 2.24) is 24.1 Å². The molecule has 1 amide bonds. The van der Waals surface area contributed by atoms with Crippen LogP contribution >= 0.6 is 0 Å². The number of carbonyl (C=O) groups is 1. The first-order valence-electron chi connectivity index (χ1n) is 8.99. The third-order valence-electron chi connectivity index (χ3n) is 4.66. The number of aryl methyl sites for hydroxylation is 1. The van der Waals surface area contributed by atoms with Crippen molar-refractivity contribution in [1.29, 1.82) is 0 Å². The van der Waals surface area contributed by atoms with Crippen molar-refractivity contribution in [3.8, 4) is 12.3 Å². The Morgan fingerprint density at radius 2 is 1.83 bits per heavy atom. The Morgan fingerprint density at radius 1 is 1.13 bits per heavy atom. The highest BCUT2D eigenvalue weighted by Gasteiger charge is 2.26. The van der Waals surface area contributed by atoms with Gasteiger partial charge in [0, 0.05) is 12.4 Å². The van der Waals surface area contributed by atoms with Crippen LogP contribution in [-0.2, 0) is 10.0 Å². The van der Waals surface area contributed by atoms with E-state index in [0.717, 1.165) is 9.54 Å². The van der Waals surface area contributed by atoms with Gasteiger partial charge in [0.2, 0.25) is 5.82 Å². The predicted octanol–water partition coefficient (Wildman–Crippen LogP) is 2.23. The molecule has 2 aromatic heterocycles. The van der Waals surface area contributed by atoms with Gasteiger partial charge in [-0.15, -0.1) is 16.6 Å². The molecule has 0 spiro atoms. The number of fused-ring (bicyclic) bond motifs is 3. The first kappa shape index (κ1) is 19.5. The molecule has 0 unspecified atom stereocenters. The van der Waals surface area contributed by atoms with Gasteiger partial charge in [-0.05, 0) is 25.1 Å². The van der Waals surface area contributed by atoms with Crippen molar-refractivity contribution in [3.05, 3.63) is 59.9 Å². The number of aromatic nitrogens is 4. The summed E-state index contributed by atoms with van der Waals surface area (Å²) in [6, 6.07) is 13.4. The molecule has 0 atom stereocenters. The van der Waals surface area contributed by atoms with Crippen LogP contribution in [0.1, 0.15) is 16.2 Å². The monoisotopic (exact) mass is 419 g/mol. The zero-order chi connectivity index (χ0) is 21.5. The van der Waals surface area contributed by atoms with Crippen LogP contribution in [0.15, 0.2) is 53.4 Å². The number of benzene rings is 2. The lowest BCUT2D eigenvalue weighted by atomic mass is 10.2. The summed E-state index contributed by atoms with van der Waals surface area (Å²) in [4.78, 5) is 18.2. The van der Waals surface area contributed by atoms with Gasteiger partial charge in [-0.25, -0.2) is 17.4 Å². The van der Waals surface area contributed by atoms with Crippen LogP contribution in [0.5, 0.6) is 0 Å². The fourth-order valence-corrected chi connectivity index (χ4v) is 4.59. The predicted molar refractivity (Wildman–Crippen MR) is 112 cm³/mol. The molecule has 0 radical (unpaired) electrons. The van der Waals surface area contributed by atoms with E-state index in [-0.39, 0.29) is 28.4 Å². The van der Waals surface area contributed by atoms with Gasteiger partial charge < -0.3 is 4.90 Å². The number of rotatable bonds is 4. The number of carbonyl (C=O) groups excluding carboxylic acids is 1. The fourth-order valence-electron chi connectivity index (χ4n) is 3.13. The zero-order valence-corrected chi connectivity index (χ0v) is 17.1. The summed E-state index contributed by atoms with van der Waals surface area (Å²) in [7, 11) is -2.50. The maximum atomic E-state index is 13.5. The number of hydrogen-bond acceptors (Lipinski definition) is 6. The van der Waals surface area contributed by atoms with Gasteiger partial charge in [-0.1, -0.05) is 41.8 Å². The standard InChI is InChI=1S/C21H17N5O3S/c1-4-13-25(3)21(27)19-22-20-18(23-24-19)16-7-5-6-8-17(16)26(20)30(28,29)15-11-9-14(2)10-12-15/h1,5-12H,13H2,2-3H3. The van der Waals surface area contributed by atoms with Crippen LogP contribution in [0.4, 0.5) is 0 Å². The number of terminal acetylenes is 1. The summed E-state index contributed by atoms with van der Waals surface area (Å²) in [6.45, 7) is 1.93. The second-order valence-electron chi connectivity index (χ2n) is 6.77. The first-order valence-corrected chi connectivity index (χ1v) is 10.4. The number of para-hydroxylation sites is 1. The molecule has 0 aliphatic rings. The molecular weight excluding hydrogens is 402 g/mol. The Balaban J connectivity index is 2.01. The highest BCUT2D eigenvalue weighted by Crippen LogP contribution is 2.30. The van der Waals surface area contributed by atoms with Gasteiger partial charge in [0.05, 0.1) is 17.0 Å². The van der Waals surface area contributed by atoms with Gasteiger partial charge in [0.1, 0.15) is 5.52 Å². The summed E-state index contributed by atoms with van der Waals surface area (Å²) >= 11 is 0. The van der Waals surface area contributed by atoms with E-state index in [0.29, 0.717) is 10.9 Å². The lowest BCUT2D eigenvalue weighted by Crippen LogP contribution is -2.29. The van der Waals surface area contributed by atoms with E-state index in [2.05, 4.69) is 21.1 Å². The minimum atomic E-state index is -4.01. The Bertz CT molecular complexity index is 1430. The topological polar surface area (TPSA) is 98.0 Å². The van der Waals surface area contributed by atoms with Crippen LogP contribution in [0, 0.1) is 19.3 Å². The number of hydrogen-bond donors (Lipinski definition) is 0. The molecule has 2 aromatic carbocycles. The summed E-state index contributed by atoms with van der Waals surface area (Å²) in [5.41, 5.74) is 1.66. The average Bonchev–Trinajstić information content (AvgIpc) is 3.08. The van der Waals surface area contributed by atoms with E-state index in [1.807, 2.05) is 6.92 Å². The van der Waals surface area contributed by atoms with E-state index in [9.17, 15) is 13.2 Å². The van der Waals surface area contributed by atoms with Gasteiger partial charge in [-0.2, -0.15) is 0 Å². The molecular formula is C21H17N5O3S. The number of nitrogens with zero attached hydrogens (tertiary/aromatic N) is 5. The minimum Gasteiger partial charge on any atom is -0.328 e. The Labute approximate surface area is 173 Å². The van der Waals surface area contributed by atoms with E-state index < -0.39 is 15.9 Å². The lowest BCUT2D eigenvalue weighted by Gasteiger charge is -2.12. The highest BCUT2D eigenvalue weighted by atomic mass is 32.2. The quantitative estimate of drug-likeness (QED) is 0.471. The molecule has 0 saturated heterocycles. The van der Waals surface area contributed by atoms with Gasteiger partial charge in [0.15, 0.2) is 5.65 Å². The van der Waals surface area contributed by atoms with E-state index >= 15 is 0 Å². The van der Waals surface area contributed by atoms with Crippen LogP contribution in [0.25, 0.3) is 22.1 Å². The van der Waals surface area contributed by atoms with Crippen LogP contribution in [0.2, 0.25) is 0 Å². The van der Waals surface area contributed by atoms with Gasteiger partial charge >= 0.3 is 0 Å². The Hall–Kier alpha value is -3.77. The van der Waals surface area contributed by atoms with Crippen LogP contribution in [0.3, 0.4) is 0 Å². The molecule has 0 aliphatic heterocycles. The van der Waals surface area contributed by atoms with Crippen molar-refractivity contribution in [2.24, 2.45) is 0 Å². The van der Waals surface area contributed by atoms with E-state index in [1.165, 1.54) is 24.1 Å². The maximum Gasteiger partial charge on any atom is 0.294 e. The molecule has 0 aliphatic carbocycles. The zero-order valence-electron chi connectivity index (χ0n) is 16.3. The van der Waals surface area contributed by atoms with E-state index in [1.54, 1.807) is 36.4 Å². The molecule has 0 fully saturated rings. The highest BCUT2D eigenvalue weighted by molar-refractivity contribution is 7.90. The molecule has 150 valence electrons. The van der Waals surface area contributed by atoms with Crippen LogP contribution in [-0.4, -0.2) is 52.0 Å². The fraction of sp³-hybridized carbons (Fsp3) is 0.143. The Morgan fingerprint density at radius 3 is 2.53 bits per heavy atom. The molecule has 30 heavy (non-hydrogen) atoms. The minimum absolute atomic E-state index is 0.0317. The summed E-state index contributed by atoms with van der Waals surface area (Å²) < 4.78 is 28.1. The molecule has 0 N–H and O–H groups in total. The second kappa shape index (κ2) is 7.24. The SMILES string of the molecule is C#CCN(C)C(=O)c1nnc2c3ccccc3n(S(=O)(=O)c3ccc(C)cc3)c2n1. The molecule has 4 rings (SSSR count). The Kier molecular flexibility index (Phi) is 4.72. The normalized spacial score (nSPS) is 11.5. The molecule has 2 heterocycles. The lowest BCUT2D eigenvalue weighted by molar-refractivity contribution is 0.0799. The molecule has 0 bridgehead atoms. The average molecular weight is 419 g/mol. The van der Waals surface area contributed by atoms with E-state index in [4.69, 9.17) is 6.42 Å². The molecule has 9 heteroatoms. The summed E-state index contributed by atoms with van der Waals surface area (Å²) in [6.07, 6.45) is 5.26. The third kappa shape index (κ3) is 3.07. The maximum absolute atomic E-state index is 13.5. The first-order chi connectivity index (χ1) is 14.3.